The molecule has 0 saturated carbocycles. The number of rotatable bonds is 4. The molecule has 0 heterocycles. The van der Waals surface area contributed by atoms with Gasteiger partial charge in [-0.15, -0.1) is 0 Å². The molecule has 0 aromatic rings. The molecule has 0 bridgehead atoms. The minimum absolute atomic E-state index is 0.163. The zero-order chi connectivity index (χ0) is 14.6. The summed E-state index contributed by atoms with van der Waals surface area (Å²) in [5.41, 5.74) is -1.04. The third-order valence-corrected chi connectivity index (χ3v) is 2.12. The molecule has 0 fully saturated rings. The van der Waals surface area contributed by atoms with E-state index in [2.05, 4.69) is 5.32 Å². The lowest BCUT2D eigenvalue weighted by Crippen LogP contribution is -2.43. The minimum atomic E-state index is -0.696. The quantitative estimate of drug-likeness (QED) is 0.612. The molecule has 0 radical (unpaired) electrons. The first-order chi connectivity index (χ1) is 7.97. The van der Waals surface area contributed by atoms with Gasteiger partial charge in [0.25, 0.3) is 0 Å². The maximum absolute atomic E-state index is 11.8. The summed E-state index contributed by atoms with van der Waals surface area (Å²) in [4.78, 5) is 23.3. The van der Waals surface area contributed by atoms with Crippen LogP contribution >= 0.6 is 0 Å². The largest absolute Gasteiger partial charge is 0.392 e. The fourth-order valence-corrected chi connectivity index (χ4v) is 0.918. The number of esters is 2. The Morgan fingerprint density at radius 3 is 1.94 bits per heavy atom. The van der Waals surface area contributed by atoms with E-state index in [1.807, 2.05) is 20.8 Å². The SMILES string of the molecule is CN[C@@H](COC(C)(C)C)C(=O)OC(=O)C(C)(C)C. The standard InChI is InChI=1S/C13H25NO4/c1-12(2,3)11(16)18-10(15)9(14-7)8-17-13(4,5)6/h9,14H,8H2,1-7H3/t9-/m0/s1. The normalized spacial score (nSPS) is 14.2. The molecule has 5 nitrogen and oxygen atoms in total. The molecule has 0 spiro atoms. The monoisotopic (exact) mass is 259 g/mol. The Labute approximate surface area is 109 Å². The van der Waals surface area contributed by atoms with Crippen molar-refractivity contribution in [3.05, 3.63) is 0 Å². The third-order valence-electron chi connectivity index (χ3n) is 2.12. The molecule has 0 aliphatic rings. The Morgan fingerprint density at radius 2 is 1.61 bits per heavy atom. The maximum atomic E-state index is 11.8. The molecule has 0 rings (SSSR count). The summed E-state index contributed by atoms with van der Waals surface area (Å²) in [5, 5.41) is 2.78. The van der Waals surface area contributed by atoms with Gasteiger partial charge in [-0.1, -0.05) is 0 Å². The van der Waals surface area contributed by atoms with E-state index in [0.29, 0.717) is 0 Å². The van der Waals surface area contributed by atoms with Crippen molar-refractivity contribution in [2.75, 3.05) is 13.7 Å². The van der Waals surface area contributed by atoms with Crippen molar-refractivity contribution in [3.8, 4) is 0 Å². The van der Waals surface area contributed by atoms with Gasteiger partial charge in [-0.25, -0.2) is 4.79 Å². The van der Waals surface area contributed by atoms with Gasteiger partial charge in [0.15, 0.2) is 0 Å². The van der Waals surface area contributed by atoms with E-state index in [9.17, 15) is 9.59 Å². The van der Waals surface area contributed by atoms with Crippen LogP contribution in [0.2, 0.25) is 0 Å². The second kappa shape index (κ2) is 6.29. The molecule has 0 aliphatic carbocycles. The van der Waals surface area contributed by atoms with Crippen LogP contribution in [0, 0.1) is 5.41 Å². The number of hydrogen-bond donors (Lipinski definition) is 1. The van der Waals surface area contributed by atoms with Crippen molar-refractivity contribution in [3.63, 3.8) is 0 Å². The van der Waals surface area contributed by atoms with Gasteiger partial charge in [0, 0.05) is 0 Å². The molecule has 0 aromatic heterocycles. The molecule has 1 atom stereocenters. The number of carbonyl (C=O) groups excluding carboxylic acids is 2. The average molecular weight is 259 g/mol. The molecule has 0 unspecified atom stereocenters. The number of likely N-dealkylation sites (N-methyl/N-ethyl adjacent to an activating group) is 1. The van der Waals surface area contributed by atoms with E-state index in [0.717, 1.165) is 0 Å². The van der Waals surface area contributed by atoms with Crippen molar-refractivity contribution in [2.24, 2.45) is 5.41 Å². The highest BCUT2D eigenvalue weighted by atomic mass is 16.6. The smallest absolute Gasteiger partial charge is 0.333 e. The van der Waals surface area contributed by atoms with Crippen molar-refractivity contribution in [1.82, 2.24) is 5.32 Å². The van der Waals surface area contributed by atoms with Gasteiger partial charge in [-0.3, -0.25) is 4.79 Å². The zero-order valence-electron chi connectivity index (χ0n) is 12.4. The van der Waals surface area contributed by atoms with E-state index < -0.39 is 23.4 Å². The predicted molar refractivity (Wildman–Crippen MR) is 69.1 cm³/mol. The van der Waals surface area contributed by atoms with Gasteiger partial charge in [-0.2, -0.15) is 0 Å². The van der Waals surface area contributed by atoms with E-state index in [4.69, 9.17) is 9.47 Å². The Morgan fingerprint density at radius 1 is 1.11 bits per heavy atom. The molecular weight excluding hydrogens is 234 g/mol. The zero-order valence-corrected chi connectivity index (χ0v) is 12.4. The Balaban J connectivity index is 4.41. The van der Waals surface area contributed by atoms with Crippen LogP contribution < -0.4 is 5.32 Å². The van der Waals surface area contributed by atoms with Crippen LogP contribution in [-0.2, 0) is 19.1 Å². The van der Waals surface area contributed by atoms with Gasteiger partial charge < -0.3 is 14.8 Å². The fraction of sp³-hybridized carbons (Fsp3) is 0.846. The summed E-state index contributed by atoms with van der Waals surface area (Å²) >= 11 is 0. The van der Waals surface area contributed by atoms with Crippen LogP contribution in [0.3, 0.4) is 0 Å². The highest BCUT2D eigenvalue weighted by molar-refractivity contribution is 5.90. The first-order valence-electron chi connectivity index (χ1n) is 6.04. The van der Waals surface area contributed by atoms with Crippen molar-refractivity contribution in [1.29, 1.82) is 0 Å². The van der Waals surface area contributed by atoms with E-state index in [-0.39, 0.29) is 12.2 Å². The molecular formula is C13H25NO4. The summed E-state index contributed by atoms with van der Waals surface area (Å²) in [6.07, 6.45) is 0. The molecule has 5 heteroatoms. The van der Waals surface area contributed by atoms with Gasteiger partial charge in [0.05, 0.1) is 17.6 Å². The van der Waals surface area contributed by atoms with Crippen molar-refractivity contribution >= 4 is 11.9 Å². The summed E-state index contributed by atoms with van der Waals surface area (Å²) in [6.45, 7) is 10.9. The van der Waals surface area contributed by atoms with Crippen molar-refractivity contribution < 1.29 is 19.1 Å². The van der Waals surface area contributed by atoms with Crippen LogP contribution in [0.4, 0.5) is 0 Å². The van der Waals surface area contributed by atoms with Crippen LogP contribution in [-0.4, -0.2) is 37.2 Å². The van der Waals surface area contributed by atoms with Gasteiger partial charge >= 0.3 is 11.9 Å². The van der Waals surface area contributed by atoms with Gasteiger partial charge in [0.2, 0.25) is 0 Å². The molecule has 106 valence electrons. The van der Waals surface area contributed by atoms with Crippen LogP contribution in [0.5, 0.6) is 0 Å². The van der Waals surface area contributed by atoms with Gasteiger partial charge in [0.1, 0.15) is 6.04 Å². The summed E-state index contributed by atoms with van der Waals surface area (Å²) < 4.78 is 10.3. The molecule has 18 heavy (non-hydrogen) atoms. The number of nitrogens with one attached hydrogen (secondary N) is 1. The Bertz CT molecular complexity index is 299. The summed E-state index contributed by atoms with van der Waals surface area (Å²) in [7, 11) is 1.62. The lowest BCUT2D eigenvalue weighted by Gasteiger charge is -2.24. The highest BCUT2D eigenvalue weighted by Gasteiger charge is 2.29. The second-order valence-electron chi connectivity index (χ2n) is 6.22. The van der Waals surface area contributed by atoms with Crippen LogP contribution in [0.25, 0.3) is 0 Å². The van der Waals surface area contributed by atoms with Crippen LogP contribution in [0.15, 0.2) is 0 Å². The molecule has 0 aromatic carbocycles. The summed E-state index contributed by atoms with van der Waals surface area (Å²) in [6, 6.07) is -0.643. The summed E-state index contributed by atoms with van der Waals surface area (Å²) in [5.74, 6) is -1.15. The highest BCUT2D eigenvalue weighted by Crippen LogP contribution is 2.16. The topological polar surface area (TPSA) is 64.6 Å². The predicted octanol–water partition coefficient (Wildman–Crippen LogP) is 1.51. The molecule has 1 N–H and O–H groups in total. The van der Waals surface area contributed by atoms with E-state index in [1.54, 1.807) is 27.8 Å². The molecule has 0 amide bonds. The lowest BCUT2D eigenvalue weighted by atomic mass is 9.97. The molecule has 0 saturated heterocycles. The number of hydrogen-bond acceptors (Lipinski definition) is 5. The first kappa shape index (κ1) is 17.1. The van der Waals surface area contributed by atoms with Crippen LogP contribution in [0.1, 0.15) is 41.5 Å². The minimum Gasteiger partial charge on any atom is -0.392 e. The van der Waals surface area contributed by atoms with E-state index >= 15 is 0 Å². The Kier molecular flexibility index (Phi) is 5.96. The maximum Gasteiger partial charge on any atom is 0.333 e. The fourth-order valence-electron chi connectivity index (χ4n) is 0.918. The lowest BCUT2D eigenvalue weighted by molar-refractivity contribution is -0.168. The third kappa shape index (κ3) is 6.71. The van der Waals surface area contributed by atoms with Gasteiger partial charge in [-0.05, 0) is 48.6 Å². The Hall–Kier alpha value is -0.940. The second-order valence-corrected chi connectivity index (χ2v) is 6.22. The molecule has 0 aliphatic heterocycles. The first-order valence-corrected chi connectivity index (χ1v) is 6.04. The average Bonchev–Trinajstić information content (AvgIpc) is 2.15. The number of ether oxygens (including phenoxy) is 2. The van der Waals surface area contributed by atoms with Crippen molar-refractivity contribution in [2.45, 2.75) is 53.2 Å². The number of carbonyl (C=O) groups is 2. The van der Waals surface area contributed by atoms with E-state index in [1.165, 1.54) is 0 Å².